The third kappa shape index (κ3) is 4.94. The zero-order chi connectivity index (χ0) is 27.6. The molecule has 11 nitrogen and oxygen atoms in total. The van der Waals surface area contributed by atoms with Crippen molar-refractivity contribution in [2.75, 3.05) is 63.8 Å². The molecule has 0 radical (unpaired) electrons. The molecule has 0 amide bonds. The first kappa shape index (κ1) is 26.1. The van der Waals surface area contributed by atoms with Crippen molar-refractivity contribution >= 4 is 45.6 Å². The van der Waals surface area contributed by atoms with E-state index < -0.39 is 0 Å². The van der Waals surface area contributed by atoms with Gasteiger partial charge in [0, 0.05) is 72.9 Å². The molecule has 1 aliphatic rings. The highest BCUT2D eigenvalue weighted by Crippen LogP contribution is 2.41. The van der Waals surface area contributed by atoms with Crippen LogP contribution in [0.3, 0.4) is 0 Å². The number of fused-ring (bicyclic) bond motifs is 3. The molecular weight excluding hydrogens is 532 g/mol. The average molecular weight is 561 g/mol. The van der Waals surface area contributed by atoms with Crippen molar-refractivity contribution < 1.29 is 14.6 Å². The Balaban J connectivity index is 1.28. The van der Waals surface area contributed by atoms with Gasteiger partial charge in [-0.2, -0.15) is 4.98 Å². The summed E-state index contributed by atoms with van der Waals surface area (Å²) in [5, 5.41) is 22.2. The lowest BCUT2D eigenvalue weighted by Crippen LogP contribution is -2.47. The van der Waals surface area contributed by atoms with Crippen molar-refractivity contribution in [3.05, 3.63) is 60.0 Å². The smallest absolute Gasteiger partial charge is 0.229 e. The third-order valence-corrected chi connectivity index (χ3v) is 7.54. The summed E-state index contributed by atoms with van der Waals surface area (Å²) in [4.78, 5) is 14.0. The Morgan fingerprint density at radius 1 is 0.975 bits per heavy atom. The van der Waals surface area contributed by atoms with Gasteiger partial charge in [-0.15, -0.1) is 10.2 Å². The van der Waals surface area contributed by atoms with Crippen LogP contribution in [0.5, 0.6) is 11.5 Å². The number of nitrogens with one attached hydrogen (secondary N) is 1. The Hall–Kier alpha value is -4.19. The minimum absolute atomic E-state index is 0.201. The lowest BCUT2D eigenvalue weighted by molar-refractivity contribution is 0.189. The lowest BCUT2D eigenvalue weighted by Gasteiger charge is -2.35. The number of aliphatic hydroxyl groups excluding tert-OH is 1. The summed E-state index contributed by atoms with van der Waals surface area (Å²) in [5.74, 6) is 1.57. The molecule has 206 valence electrons. The van der Waals surface area contributed by atoms with Gasteiger partial charge in [0.25, 0.3) is 0 Å². The molecule has 6 rings (SSSR count). The van der Waals surface area contributed by atoms with E-state index in [-0.39, 0.29) is 6.61 Å². The number of hydrogen-bond donors (Lipinski definition) is 2. The standard InChI is InChI=1S/C28H29ClN8O3/c1-39-21-14-22(25(29)24(15-21)40-2)23-13-18-16-30-28(33-26(18)37-17-31-34-27(23)37)32-19-3-5-20(6-4-19)36-9-7-35(8-10-36)11-12-38/h3-6,13-17,38H,7-12H2,1-2H3,(H,30,32,33). The summed E-state index contributed by atoms with van der Waals surface area (Å²) in [7, 11) is 3.16. The Morgan fingerprint density at radius 2 is 1.77 bits per heavy atom. The fourth-order valence-corrected chi connectivity index (χ4v) is 5.31. The van der Waals surface area contributed by atoms with Gasteiger partial charge in [-0.05, 0) is 36.4 Å². The molecule has 3 aromatic heterocycles. The number of methoxy groups -OCH3 is 2. The van der Waals surface area contributed by atoms with Gasteiger partial charge in [0.2, 0.25) is 5.95 Å². The van der Waals surface area contributed by atoms with Crippen LogP contribution in [0.25, 0.3) is 27.8 Å². The summed E-state index contributed by atoms with van der Waals surface area (Å²) in [5.41, 5.74) is 4.76. The normalized spacial score (nSPS) is 14.2. The zero-order valence-corrected chi connectivity index (χ0v) is 23.0. The van der Waals surface area contributed by atoms with Crippen molar-refractivity contribution in [3.63, 3.8) is 0 Å². The van der Waals surface area contributed by atoms with Crippen LogP contribution < -0.4 is 19.7 Å². The van der Waals surface area contributed by atoms with Crippen LogP contribution in [0.2, 0.25) is 5.02 Å². The minimum atomic E-state index is 0.201. The predicted molar refractivity (Wildman–Crippen MR) is 155 cm³/mol. The summed E-state index contributed by atoms with van der Waals surface area (Å²) < 4.78 is 12.7. The van der Waals surface area contributed by atoms with E-state index in [0.29, 0.717) is 39.3 Å². The van der Waals surface area contributed by atoms with Gasteiger partial charge in [-0.3, -0.25) is 9.30 Å². The summed E-state index contributed by atoms with van der Waals surface area (Å²) in [6.45, 7) is 4.70. The van der Waals surface area contributed by atoms with Gasteiger partial charge in [-0.25, -0.2) is 4.98 Å². The van der Waals surface area contributed by atoms with Crippen LogP contribution in [-0.4, -0.2) is 88.1 Å². The number of piperazine rings is 1. The number of hydrogen-bond acceptors (Lipinski definition) is 10. The molecule has 1 saturated heterocycles. The third-order valence-electron chi connectivity index (χ3n) is 7.15. The monoisotopic (exact) mass is 560 g/mol. The molecule has 1 fully saturated rings. The summed E-state index contributed by atoms with van der Waals surface area (Å²) in [6.07, 6.45) is 3.39. The molecule has 4 heterocycles. The highest BCUT2D eigenvalue weighted by Gasteiger charge is 2.19. The van der Waals surface area contributed by atoms with Crippen molar-refractivity contribution in [2.24, 2.45) is 0 Å². The molecule has 2 N–H and O–H groups in total. The van der Waals surface area contributed by atoms with E-state index in [1.807, 2.05) is 28.7 Å². The van der Waals surface area contributed by atoms with Gasteiger partial charge in [0.15, 0.2) is 11.3 Å². The van der Waals surface area contributed by atoms with Gasteiger partial charge >= 0.3 is 0 Å². The van der Waals surface area contributed by atoms with Crippen LogP contribution in [0, 0.1) is 0 Å². The molecule has 0 aliphatic carbocycles. The molecule has 1 aliphatic heterocycles. The Labute approximate surface area is 236 Å². The van der Waals surface area contributed by atoms with Crippen LogP contribution in [0.1, 0.15) is 0 Å². The van der Waals surface area contributed by atoms with E-state index in [2.05, 4.69) is 42.4 Å². The molecule has 0 atom stereocenters. The second kappa shape index (κ2) is 11.1. The maximum atomic E-state index is 9.16. The number of β-amino-alcohol motifs (C(OH)–C–C–N with tert-alkyl or cyclic N) is 1. The maximum absolute atomic E-state index is 9.16. The zero-order valence-electron chi connectivity index (χ0n) is 22.2. The SMILES string of the molecule is COc1cc(OC)c(Cl)c(-c2cc3cnc(Nc4ccc(N5CCN(CCO)CC5)cc4)nc3n3cnnc23)c1. The summed E-state index contributed by atoms with van der Waals surface area (Å²) in [6, 6.07) is 13.8. The number of anilines is 3. The molecule has 5 aromatic rings. The number of halogens is 1. The number of pyridine rings is 1. The van der Waals surface area contributed by atoms with Gasteiger partial charge < -0.3 is 24.8 Å². The first-order chi connectivity index (χ1) is 19.6. The van der Waals surface area contributed by atoms with Gasteiger partial charge in [0.05, 0.1) is 25.8 Å². The van der Waals surface area contributed by atoms with Crippen LogP contribution in [-0.2, 0) is 0 Å². The van der Waals surface area contributed by atoms with E-state index in [0.717, 1.165) is 49.4 Å². The fourth-order valence-electron chi connectivity index (χ4n) is 5.02. The molecule has 0 saturated carbocycles. The molecule has 12 heteroatoms. The largest absolute Gasteiger partial charge is 0.497 e. The van der Waals surface area contributed by atoms with E-state index in [1.54, 1.807) is 32.8 Å². The first-order valence-corrected chi connectivity index (χ1v) is 13.3. The number of aromatic nitrogens is 5. The Bertz CT molecular complexity index is 1650. The molecule has 40 heavy (non-hydrogen) atoms. The molecule has 0 bridgehead atoms. The molecule has 2 aromatic carbocycles. The average Bonchev–Trinajstić information content (AvgIpc) is 3.49. The van der Waals surface area contributed by atoms with Crippen LogP contribution >= 0.6 is 11.6 Å². The second-order valence-corrected chi connectivity index (χ2v) is 9.85. The minimum Gasteiger partial charge on any atom is -0.497 e. The predicted octanol–water partition coefficient (Wildman–Crippen LogP) is 3.87. The van der Waals surface area contributed by atoms with Crippen molar-refractivity contribution in [1.29, 1.82) is 0 Å². The number of aliphatic hydroxyl groups is 1. The van der Waals surface area contributed by atoms with E-state index >= 15 is 0 Å². The van der Waals surface area contributed by atoms with Crippen molar-refractivity contribution in [1.82, 2.24) is 29.5 Å². The topological polar surface area (TPSA) is 113 Å². The lowest BCUT2D eigenvalue weighted by atomic mass is 10.0. The van der Waals surface area contributed by atoms with E-state index in [4.69, 9.17) is 31.2 Å². The van der Waals surface area contributed by atoms with Crippen molar-refractivity contribution in [3.8, 4) is 22.6 Å². The summed E-state index contributed by atoms with van der Waals surface area (Å²) >= 11 is 6.69. The molecular formula is C28H29ClN8O3. The van der Waals surface area contributed by atoms with Crippen LogP contribution in [0.15, 0.2) is 55.0 Å². The Kier molecular flexibility index (Phi) is 7.25. The van der Waals surface area contributed by atoms with Gasteiger partial charge in [-0.1, -0.05) is 11.6 Å². The highest BCUT2D eigenvalue weighted by atomic mass is 35.5. The number of rotatable bonds is 8. The Morgan fingerprint density at radius 3 is 2.50 bits per heavy atom. The van der Waals surface area contributed by atoms with E-state index in [9.17, 15) is 0 Å². The van der Waals surface area contributed by atoms with Crippen molar-refractivity contribution in [2.45, 2.75) is 0 Å². The van der Waals surface area contributed by atoms with Crippen LogP contribution in [0.4, 0.5) is 17.3 Å². The number of benzene rings is 2. The molecule has 0 spiro atoms. The first-order valence-electron chi connectivity index (χ1n) is 12.9. The number of ether oxygens (including phenoxy) is 2. The highest BCUT2D eigenvalue weighted by molar-refractivity contribution is 6.35. The van der Waals surface area contributed by atoms with Gasteiger partial charge in [0.1, 0.15) is 17.8 Å². The fraction of sp³-hybridized carbons (Fsp3) is 0.286. The quantitative estimate of drug-likeness (QED) is 0.290. The number of nitrogens with zero attached hydrogens (tertiary/aromatic N) is 7. The van der Waals surface area contributed by atoms with E-state index in [1.165, 1.54) is 5.69 Å². The molecule has 0 unspecified atom stereocenters. The second-order valence-electron chi connectivity index (χ2n) is 9.47. The maximum Gasteiger partial charge on any atom is 0.229 e.